The van der Waals surface area contributed by atoms with Crippen LogP contribution in [0, 0.1) is 0 Å². The van der Waals surface area contributed by atoms with Gasteiger partial charge in [0, 0.05) is 82.4 Å². The summed E-state index contributed by atoms with van der Waals surface area (Å²) in [6, 6.07) is 18.6. The first-order chi connectivity index (χ1) is 65.3. The number of nitrogen functional groups attached to an aromatic ring is 1. The maximum atomic E-state index is 13.2. The maximum absolute atomic E-state index is 13.2. The first-order valence-corrected chi connectivity index (χ1v) is 50.8. The Balaban J connectivity index is 0.000000207. The van der Waals surface area contributed by atoms with Gasteiger partial charge in [0.05, 0.1) is 140 Å². The molecule has 5 amide bonds. The molecule has 0 saturated heterocycles. The molecule has 17 heterocycles. The molecule has 0 aromatic carbocycles. The number of aliphatic carboxylic acids is 1. The molecule has 5 atom stereocenters. The molecule has 38 nitrogen and oxygen atoms in total. The summed E-state index contributed by atoms with van der Waals surface area (Å²) in [6.07, 6.45) is 11.4. The Hall–Kier alpha value is -10.6. The third-order valence-electron chi connectivity index (χ3n) is 21.9. The van der Waals surface area contributed by atoms with Crippen molar-refractivity contribution in [3.05, 3.63) is 192 Å². The molecule has 5 aliphatic rings. The average Bonchev–Trinajstić information content (AvgIpc) is 1.58. The van der Waals surface area contributed by atoms with E-state index >= 15 is 0 Å². The number of nitrogens with zero attached hydrogens (tertiary/aromatic N) is 18. The third kappa shape index (κ3) is 26.3. The van der Waals surface area contributed by atoms with Gasteiger partial charge in [0.1, 0.15) is 51.6 Å². The predicted molar refractivity (Wildman–Crippen MR) is 547 cm³/mol. The maximum Gasteiger partial charge on any atom is 1.00 e. The molecule has 0 spiro atoms. The van der Waals surface area contributed by atoms with Crippen LogP contribution in [0.1, 0.15) is 208 Å². The third-order valence-corrected chi connectivity index (χ3v) is 31.2. The van der Waals surface area contributed by atoms with Crippen molar-refractivity contribution in [2.24, 2.45) is 21.1 Å². The zero-order valence-corrected chi connectivity index (χ0v) is 92.3. The monoisotopic (exact) mass is 2270 g/mol. The van der Waals surface area contributed by atoms with Crippen molar-refractivity contribution in [3.63, 3.8) is 0 Å². The number of carboxylic acid groups (broad SMARTS) is 1. The molecular formula is C91H105Br3Cl3LiN22O16S5. The van der Waals surface area contributed by atoms with Crippen LogP contribution < -0.4 is 40.5 Å². The Kier molecular flexibility index (Phi) is 39.9. The number of fused-ring (bicyclic) bond motifs is 5. The first kappa shape index (κ1) is 116. The normalized spacial score (nSPS) is 15.5. The van der Waals surface area contributed by atoms with E-state index in [1.54, 1.807) is 176 Å². The average molecular weight is 2280 g/mol. The van der Waals surface area contributed by atoms with Crippen molar-refractivity contribution in [1.29, 1.82) is 0 Å². The van der Waals surface area contributed by atoms with Gasteiger partial charge in [-0.05, 0) is 247 Å². The molecule has 141 heavy (non-hydrogen) atoms. The zero-order valence-electron chi connectivity index (χ0n) is 81.2. The Morgan fingerprint density at radius 3 is 1.04 bits per heavy atom. The van der Waals surface area contributed by atoms with E-state index in [1.807, 2.05) is 120 Å². The van der Waals surface area contributed by atoms with Crippen molar-refractivity contribution < 1.29 is 96.3 Å². The second-order valence-corrected chi connectivity index (χ2v) is 44.0. The molecule has 0 bridgehead atoms. The number of aryl methyl sites for hydroxylation is 3. The van der Waals surface area contributed by atoms with Crippen molar-refractivity contribution in [1.82, 2.24) is 94.1 Å². The molecular weight excluding hydrogens is 2170 g/mol. The van der Waals surface area contributed by atoms with Gasteiger partial charge in [0.2, 0.25) is 22.5 Å². The SMILES string of the molecule is CC(C(=O)O)N1C(=O)c2cc(-c3ccnc(Nc4ccnn4C)n3)sc2C1(C)C.CC1(C)NC(=O)c2cc(Br)sc21.CCOC(=O)C(C)Br.CCOC(=O)C(C)N1C(=O)c2cc(-c3ccnc(Cl)n3)sc2C1(C)C.CCOC(=O)C(C)N1C(=O)c2cc(-c3ccnc(Nc4ccnn4C)n3)sc2C1(C)C.CCOC(=O)C(C)N1C(=O)c2cc(Br)sc2C1(C)C.Clc1ccnc(Cl)n1.Cn1nccc1N.[Li+].[OH-]. The van der Waals surface area contributed by atoms with E-state index < -0.39 is 64.2 Å². The summed E-state index contributed by atoms with van der Waals surface area (Å²) in [5.41, 5.74) is 7.99. The number of hydrogen-bond donors (Lipinski definition) is 5. The molecule has 17 rings (SSSR count). The number of halogens is 6. The molecule has 7 N–H and O–H groups in total. The molecule has 50 heteroatoms. The summed E-state index contributed by atoms with van der Waals surface area (Å²) in [5, 5.41) is 31.3. The van der Waals surface area contributed by atoms with Gasteiger partial charge in [0.15, 0.2) is 0 Å². The second-order valence-electron chi connectivity index (χ2n) is 33.5. The molecule has 5 aliphatic heterocycles. The second kappa shape index (κ2) is 48.7. The summed E-state index contributed by atoms with van der Waals surface area (Å²) in [4.78, 5) is 167. The zero-order chi connectivity index (χ0) is 103. The summed E-state index contributed by atoms with van der Waals surface area (Å²) >= 11 is 34.0. The molecule has 12 aromatic heterocycles. The number of amides is 5. The van der Waals surface area contributed by atoms with Gasteiger partial charge < -0.3 is 70.8 Å². The minimum Gasteiger partial charge on any atom is -0.870 e. The van der Waals surface area contributed by atoms with Gasteiger partial charge >= 0.3 is 48.7 Å². The van der Waals surface area contributed by atoms with Crippen LogP contribution >= 0.6 is 139 Å². The summed E-state index contributed by atoms with van der Waals surface area (Å²) in [6.45, 7) is 36.2. The van der Waals surface area contributed by atoms with Crippen molar-refractivity contribution in [2.75, 3.05) is 42.8 Å². The van der Waals surface area contributed by atoms with Gasteiger partial charge in [-0.1, -0.05) is 27.5 Å². The fourth-order valence-corrected chi connectivity index (χ4v) is 23.0. The number of carboxylic acids is 1. The van der Waals surface area contributed by atoms with Crippen molar-refractivity contribution in [2.45, 2.75) is 188 Å². The molecule has 0 aliphatic carbocycles. The number of aromatic nitrogens is 14. The summed E-state index contributed by atoms with van der Waals surface area (Å²) in [5.74, 6) is -0.00460. The quantitative estimate of drug-likeness (QED) is 0.0118. The van der Waals surface area contributed by atoms with E-state index in [-0.39, 0.29) is 100.0 Å². The molecule has 0 fully saturated rings. The van der Waals surface area contributed by atoms with Gasteiger partial charge in [-0.3, -0.25) is 42.8 Å². The van der Waals surface area contributed by atoms with Crippen LogP contribution in [0.4, 0.5) is 29.4 Å². The summed E-state index contributed by atoms with van der Waals surface area (Å²) in [7, 11) is 5.44. The van der Waals surface area contributed by atoms with Crippen molar-refractivity contribution in [3.8, 4) is 31.7 Å². The van der Waals surface area contributed by atoms with Crippen LogP contribution in [0.2, 0.25) is 15.7 Å². The number of anilines is 5. The predicted octanol–water partition coefficient (Wildman–Crippen LogP) is 15.3. The Bertz CT molecular complexity index is 6520. The number of thiophene rings is 5. The number of carbonyl (C=O) groups excluding carboxylic acids is 9. The van der Waals surface area contributed by atoms with Gasteiger partial charge in [-0.15, -0.1) is 56.7 Å². The van der Waals surface area contributed by atoms with E-state index in [9.17, 15) is 53.1 Å². The topological polar surface area (TPSA) is 489 Å². The molecule has 5 unspecified atom stereocenters. The number of nitrogens with two attached hydrogens (primary N) is 1. The number of ether oxygens (including phenoxy) is 4. The van der Waals surface area contributed by atoms with Gasteiger partial charge in [-0.2, -0.15) is 15.3 Å². The number of rotatable bonds is 20. The van der Waals surface area contributed by atoms with Crippen LogP contribution in [0.15, 0.2) is 124 Å². The Morgan fingerprint density at radius 1 is 0.440 bits per heavy atom. The fourth-order valence-electron chi connectivity index (χ4n) is 15.4. The van der Waals surface area contributed by atoms with Gasteiger partial charge in [-0.25, -0.2) is 59.0 Å². The Labute approximate surface area is 886 Å². The van der Waals surface area contributed by atoms with E-state index in [0.29, 0.717) is 75.4 Å². The largest absolute Gasteiger partial charge is 1.00 e. The molecule has 0 radical (unpaired) electrons. The standard InChI is InChI=1S/C21H24N6O3S.C19H20N6O3S.C17H18ClN3O3S.C13H16BrNO3S.C8H8BrNOS.C5H9BrO2.C4H2Cl2N2.C4H7N3.Li.H2O/c1-6-30-19(29)12(2)27-18(28)13-11-15(31-17(13)21(27,3)4)14-7-9-22-20(24-14)25-16-8-10-23-26(16)5;1-10(17(27)28)25-16(26)11-9-13(29-15(11)19(25,2)3)12-5-7-20-18(22-12)23-14-6-8-21-24(14)4;1-5-24-15(23)9(2)21-14(22)10-8-12(25-13(10)17(21,3)4)11-6-7-19-16(18)20-11;1-5-18-12(17)7(2)15-11(16)8-6-9(14)19-10(8)13(15,3)4;1-8(2)6-4(7(11)10-8)3-5(9)12-6;1-3-8-5(7)4(2)6;5-3-1-2-7-4(6)8-3;1-7-4(5)2-3-6-7;;/h7-12H,6H2,1-5H3,(H,22,24,25);5-10H,1-4H3,(H,27,28)(H,20,22,23);6-9H,5H2,1-4H3;6-7H,5H2,1-4H3;3H,1-2H3,(H,10,11);4H,3H2,1-2H3;1-2H;2-3H,5H2,1H3;;1H2/q;;;;;;;;+1;/p-1. The van der Waals surface area contributed by atoms with E-state index in [0.717, 1.165) is 63.8 Å². The smallest absolute Gasteiger partial charge is 0.870 e. The van der Waals surface area contributed by atoms with E-state index in [2.05, 4.69) is 124 Å². The molecule has 12 aromatic rings. The van der Waals surface area contributed by atoms with Crippen LogP contribution in [0.3, 0.4) is 0 Å². The van der Waals surface area contributed by atoms with Crippen LogP contribution in [-0.2, 0) is 91.8 Å². The molecule has 748 valence electrons. The van der Waals surface area contributed by atoms with Crippen LogP contribution in [0.5, 0.6) is 0 Å². The fraction of sp³-hybridized carbons (Fsp3) is 0.396. The molecule has 0 saturated carbocycles. The van der Waals surface area contributed by atoms with Crippen LogP contribution in [-0.4, -0.2) is 214 Å². The number of alkyl halides is 1. The first-order valence-electron chi connectivity index (χ1n) is 43.1. The minimum atomic E-state index is -1.02. The minimum absolute atomic E-state index is 0. The van der Waals surface area contributed by atoms with Gasteiger partial charge in [0.25, 0.3) is 29.5 Å². The van der Waals surface area contributed by atoms with E-state index in [4.69, 9.17) is 54.7 Å². The van der Waals surface area contributed by atoms with Crippen LogP contribution in [0.25, 0.3) is 31.7 Å². The number of hydrogen-bond acceptors (Lipinski definition) is 34. The van der Waals surface area contributed by atoms with E-state index in [1.165, 1.54) is 63.4 Å². The number of nitrogens with one attached hydrogen (secondary N) is 3. The number of esters is 4. The van der Waals surface area contributed by atoms with Crippen molar-refractivity contribution >= 4 is 228 Å². The Morgan fingerprint density at radius 2 is 0.759 bits per heavy atom. The number of carbonyl (C=O) groups is 10. The summed E-state index contributed by atoms with van der Waals surface area (Å²) < 4.78 is 26.8.